The Bertz CT molecular complexity index is 956. The number of rotatable bonds is 12. The van der Waals surface area contributed by atoms with Crippen LogP contribution in [0.2, 0.25) is 5.02 Å². The van der Waals surface area contributed by atoms with Gasteiger partial charge in [-0.3, -0.25) is 4.31 Å². The molecule has 0 N–H and O–H groups in total. The normalized spacial score (nSPS) is 14.0. The lowest BCUT2D eigenvalue weighted by Crippen LogP contribution is -2.29. The molecule has 0 amide bonds. The summed E-state index contributed by atoms with van der Waals surface area (Å²) < 4.78 is 2.06. The topological polar surface area (TPSA) is 6.48 Å². The van der Waals surface area contributed by atoms with Gasteiger partial charge in [0.1, 0.15) is 0 Å². The average molecular weight is 571 g/mol. The lowest BCUT2D eigenvalue weighted by atomic mass is 9.88. The van der Waals surface area contributed by atoms with Gasteiger partial charge in [0, 0.05) is 35.5 Å². The van der Waals surface area contributed by atoms with Crippen molar-refractivity contribution in [2.75, 3.05) is 37.8 Å². The van der Waals surface area contributed by atoms with Crippen molar-refractivity contribution in [3.63, 3.8) is 0 Å². The van der Waals surface area contributed by atoms with E-state index in [0.29, 0.717) is 5.92 Å². The Balaban J connectivity index is 0.00000126. The molecule has 0 radical (unpaired) electrons. The third-order valence-corrected chi connectivity index (χ3v) is 7.84. The number of benzene rings is 2. The Kier molecular flexibility index (Phi) is 20.7. The van der Waals surface area contributed by atoms with E-state index in [1.807, 2.05) is 26.2 Å². The minimum atomic E-state index is 0. The van der Waals surface area contributed by atoms with Crippen molar-refractivity contribution in [1.29, 1.82) is 0 Å². The molecule has 2 nitrogen and oxygen atoms in total. The van der Waals surface area contributed by atoms with Crippen molar-refractivity contribution in [2.24, 2.45) is 0 Å². The van der Waals surface area contributed by atoms with Crippen molar-refractivity contribution < 1.29 is 0 Å². The van der Waals surface area contributed by atoms with E-state index in [0.717, 1.165) is 56.0 Å². The zero-order chi connectivity index (χ0) is 28.3. The van der Waals surface area contributed by atoms with Gasteiger partial charge in [0.25, 0.3) is 0 Å². The van der Waals surface area contributed by atoms with Crippen molar-refractivity contribution in [2.45, 2.75) is 78.6 Å². The molecule has 0 aromatic heterocycles. The average Bonchev–Trinajstić information content (AvgIpc) is 3.11. The highest BCUT2D eigenvalue weighted by Gasteiger charge is 2.24. The van der Waals surface area contributed by atoms with Crippen LogP contribution in [0.1, 0.15) is 81.5 Å². The zero-order valence-electron chi connectivity index (χ0n) is 24.5. The second-order valence-electron chi connectivity index (χ2n) is 9.77. The highest BCUT2D eigenvalue weighted by molar-refractivity contribution is 7.97. The van der Waals surface area contributed by atoms with Gasteiger partial charge in [-0.05, 0) is 99.5 Å². The first kappa shape index (κ1) is 37.1. The molecule has 1 heterocycles. The molecule has 0 saturated heterocycles. The standard InChI is InChI=1S/C27H36ClN.C5H11NS.C2H4.CH4/c1-4-7-8-9-17-29-20-24(26-16-15-25(28)19-23(26)10-5-2)14-13-22-12-11-21(6-3)18-27(22)29;1-4-5-7-6(2)3;1-2;/h4,11-12,15-16,18-19,24H,1,5-10,13-14,17,20H2,2-3H3;4H,1,5H2,2-3H3;1-2H2;1H4. The number of anilines is 1. The van der Waals surface area contributed by atoms with Gasteiger partial charge in [-0.1, -0.05) is 81.6 Å². The molecule has 0 spiro atoms. The zero-order valence-corrected chi connectivity index (χ0v) is 26.1. The van der Waals surface area contributed by atoms with E-state index in [4.69, 9.17) is 11.6 Å². The molecule has 39 heavy (non-hydrogen) atoms. The fourth-order valence-corrected chi connectivity index (χ4v) is 5.44. The summed E-state index contributed by atoms with van der Waals surface area (Å²) in [6.45, 7) is 20.2. The summed E-state index contributed by atoms with van der Waals surface area (Å²) in [5.41, 5.74) is 7.38. The highest BCUT2D eigenvalue weighted by atomic mass is 35.5. The Morgan fingerprint density at radius 1 is 1.05 bits per heavy atom. The van der Waals surface area contributed by atoms with Crippen LogP contribution < -0.4 is 4.90 Å². The van der Waals surface area contributed by atoms with Crippen molar-refractivity contribution >= 4 is 29.2 Å². The first-order valence-electron chi connectivity index (χ1n) is 14.1. The summed E-state index contributed by atoms with van der Waals surface area (Å²) in [7, 11) is 4.04. The maximum absolute atomic E-state index is 6.34. The summed E-state index contributed by atoms with van der Waals surface area (Å²) in [5, 5.41) is 0.864. The molecule has 1 aliphatic rings. The molecule has 0 saturated carbocycles. The number of halogens is 1. The summed E-state index contributed by atoms with van der Waals surface area (Å²) in [5.74, 6) is 1.57. The molecular weight excluding hydrogens is 516 g/mol. The molecule has 1 unspecified atom stereocenters. The van der Waals surface area contributed by atoms with E-state index in [-0.39, 0.29) is 7.43 Å². The van der Waals surface area contributed by atoms with Gasteiger partial charge in [0.15, 0.2) is 0 Å². The van der Waals surface area contributed by atoms with Gasteiger partial charge in [0.2, 0.25) is 0 Å². The van der Waals surface area contributed by atoms with Gasteiger partial charge in [-0.25, -0.2) is 0 Å². The molecule has 2 aromatic carbocycles. The van der Waals surface area contributed by atoms with Crippen molar-refractivity contribution in [3.8, 4) is 0 Å². The summed E-state index contributed by atoms with van der Waals surface area (Å²) in [6.07, 6.45) is 13.2. The molecule has 0 fully saturated rings. The van der Waals surface area contributed by atoms with Crippen LogP contribution in [-0.4, -0.2) is 37.2 Å². The second kappa shape index (κ2) is 21.8. The number of aryl methyl sites for hydroxylation is 3. The lowest BCUT2D eigenvalue weighted by molar-refractivity contribution is 0.597. The van der Waals surface area contributed by atoms with E-state index in [1.54, 1.807) is 11.9 Å². The lowest BCUT2D eigenvalue weighted by Gasteiger charge is -2.29. The van der Waals surface area contributed by atoms with E-state index in [1.165, 1.54) is 47.2 Å². The number of hydrogen-bond acceptors (Lipinski definition) is 3. The number of fused-ring (bicyclic) bond motifs is 1. The molecule has 4 heteroatoms. The Labute approximate surface area is 251 Å². The smallest absolute Gasteiger partial charge is 0.0408 e. The minimum absolute atomic E-state index is 0. The first-order valence-corrected chi connectivity index (χ1v) is 15.4. The van der Waals surface area contributed by atoms with Gasteiger partial charge in [-0.15, -0.1) is 26.3 Å². The van der Waals surface area contributed by atoms with Crippen LogP contribution in [0.25, 0.3) is 0 Å². The summed E-state index contributed by atoms with van der Waals surface area (Å²) in [4.78, 5) is 2.67. The van der Waals surface area contributed by atoms with Crippen molar-refractivity contribution in [1.82, 2.24) is 4.31 Å². The first-order chi connectivity index (χ1) is 18.4. The number of hydrogen-bond donors (Lipinski definition) is 0. The van der Waals surface area contributed by atoms with E-state index >= 15 is 0 Å². The fourth-order valence-electron chi connectivity index (χ4n) is 4.84. The van der Waals surface area contributed by atoms with Crippen LogP contribution in [0.15, 0.2) is 74.9 Å². The van der Waals surface area contributed by atoms with Gasteiger partial charge < -0.3 is 4.90 Å². The van der Waals surface area contributed by atoms with Crippen LogP contribution in [-0.2, 0) is 19.3 Å². The van der Waals surface area contributed by atoms with E-state index in [9.17, 15) is 0 Å². The molecule has 0 aliphatic carbocycles. The largest absolute Gasteiger partial charge is 0.371 e. The molecular formula is C35H55ClN2S. The van der Waals surface area contributed by atoms with E-state index < -0.39 is 0 Å². The monoisotopic (exact) mass is 570 g/mol. The SMILES string of the molecule is C.C=C.C=CCCCCN1CC(c2ccc(Cl)cc2CCC)CCc2ccc(CC)cc21.C=CCSN(C)C. The Morgan fingerprint density at radius 3 is 2.38 bits per heavy atom. The Morgan fingerprint density at radius 2 is 1.79 bits per heavy atom. The number of nitrogens with zero attached hydrogens (tertiary/aromatic N) is 2. The maximum Gasteiger partial charge on any atom is 0.0408 e. The predicted molar refractivity (Wildman–Crippen MR) is 183 cm³/mol. The minimum Gasteiger partial charge on any atom is -0.371 e. The molecule has 1 atom stereocenters. The fraction of sp³-hybridized carbons (Fsp3) is 0.486. The van der Waals surface area contributed by atoms with E-state index in [2.05, 4.69) is 85.8 Å². The summed E-state index contributed by atoms with van der Waals surface area (Å²) in [6, 6.07) is 13.7. The van der Waals surface area contributed by atoms with Crippen LogP contribution in [0.5, 0.6) is 0 Å². The predicted octanol–water partition coefficient (Wildman–Crippen LogP) is 10.6. The van der Waals surface area contributed by atoms with Crippen LogP contribution in [0.3, 0.4) is 0 Å². The van der Waals surface area contributed by atoms with Gasteiger partial charge in [0.05, 0.1) is 0 Å². The molecule has 1 aliphatic heterocycles. The quantitative estimate of drug-likeness (QED) is 0.142. The molecule has 2 aromatic rings. The van der Waals surface area contributed by atoms with Gasteiger partial charge in [-0.2, -0.15) is 0 Å². The van der Waals surface area contributed by atoms with Crippen LogP contribution in [0, 0.1) is 0 Å². The number of unbranched alkanes of at least 4 members (excludes halogenated alkanes) is 2. The van der Waals surface area contributed by atoms with Crippen LogP contribution >= 0.6 is 23.5 Å². The van der Waals surface area contributed by atoms with Crippen molar-refractivity contribution in [3.05, 3.63) is 102 Å². The molecule has 3 rings (SSSR count). The van der Waals surface area contributed by atoms with Gasteiger partial charge >= 0.3 is 0 Å². The number of allylic oxidation sites excluding steroid dienone is 1. The second-order valence-corrected chi connectivity index (χ2v) is 11.5. The molecule has 0 bridgehead atoms. The van der Waals surface area contributed by atoms with Crippen LogP contribution in [0.4, 0.5) is 5.69 Å². The molecule has 218 valence electrons. The highest BCUT2D eigenvalue weighted by Crippen LogP contribution is 2.36. The summed E-state index contributed by atoms with van der Waals surface area (Å²) >= 11 is 8.09. The third kappa shape index (κ3) is 13.3. The maximum atomic E-state index is 6.34. The third-order valence-electron chi connectivity index (χ3n) is 6.70. The Hall–Kier alpha value is -1.94.